The second-order valence-corrected chi connectivity index (χ2v) is 7.15. The van der Waals surface area contributed by atoms with Crippen molar-refractivity contribution in [2.45, 2.75) is 6.92 Å². The van der Waals surface area contributed by atoms with E-state index in [0.717, 1.165) is 16.3 Å². The first-order valence-electron chi connectivity index (χ1n) is 8.36. The van der Waals surface area contributed by atoms with Crippen LogP contribution in [0.4, 0.5) is 5.69 Å². The molecule has 7 heteroatoms. The molecule has 0 atom stereocenters. The summed E-state index contributed by atoms with van der Waals surface area (Å²) in [5.74, 6) is -0.762. The largest absolute Gasteiger partial charge is 0.378 e. The number of carbonyl (C=O) groups excluding carboxylic acids is 2. The van der Waals surface area contributed by atoms with Gasteiger partial charge in [0.15, 0.2) is 0 Å². The number of aromatic nitrogens is 1. The minimum atomic E-state index is -0.385. The Kier molecular flexibility index (Phi) is 5.52. The maximum Gasteiger partial charge on any atom is 0.281 e. The molecule has 2 N–H and O–H groups in total. The Bertz CT molecular complexity index is 967. The van der Waals surface area contributed by atoms with Crippen molar-refractivity contribution in [1.29, 1.82) is 0 Å². The van der Waals surface area contributed by atoms with Gasteiger partial charge in [-0.2, -0.15) is 0 Å². The van der Waals surface area contributed by atoms with Crippen LogP contribution in [0.3, 0.4) is 0 Å². The molecule has 2 aromatic carbocycles. The van der Waals surface area contributed by atoms with Gasteiger partial charge in [-0.1, -0.05) is 36.4 Å². The molecule has 0 fully saturated rings. The second-order valence-electron chi connectivity index (χ2n) is 6.15. The van der Waals surface area contributed by atoms with Gasteiger partial charge < -0.3 is 4.90 Å². The Balaban J connectivity index is 1.68. The molecule has 6 nitrogen and oxygen atoms in total. The molecule has 0 radical (unpaired) electrons. The van der Waals surface area contributed by atoms with Crippen LogP contribution in [0.1, 0.15) is 25.7 Å². The molecule has 1 aromatic heterocycles. The molecule has 3 rings (SSSR count). The number of rotatable bonds is 4. The molecule has 0 aliphatic heterocycles. The third kappa shape index (κ3) is 4.32. The standard InChI is InChI=1S/C20H20N4O2S/c1-13-17(27-20(21-13)14-8-5-4-6-9-14)19(26)23-22-18(25)15-10-7-11-16(12-15)24(2)3/h4-12H,1-3H3,(H,22,25)(H,23,26). The molecular weight excluding hydrogens is 360 g/mol. The highest BCUT2D eigenvalue weighted by Gasteiger charge is 2.17. The zero-order valence-corrected chi connectivity index (χ0v) is 16.1. The molecule has 27 heavy (non-hydrogen) atoms. The van der Waals surface area contributed by atoms with E-state index in [-0.39, 0.29) is 11.8 Å². The number of nitrogens with one attached hydrogen (secondary N) is 2. The van der Waals surface area contributed by atoms with Crippen LogP contribution in [-0.4, -0.2) is 30.9 Å². The fourth-order valence-corrected chi connectivity index (χ4v) is 3.45. The zero-order valence-electron chi connectivity index (χ0n) is 15.3. The third-order valence-electron chi connectivity index (χ3n) is 3.94. The average molecular weight is 380 g/mol. The van der Waals surface area contributed by atoms with Gasteiger partial charge >= 0.3 is 0 Å². The summed E-state index contributed by atoms with van der Waals surface area (Å²) in [5.41, 5.74) is 7.88. The van der Waals surface area contributed by atoms with Gasteiger partial charge in [-0.15, -0.1) is 11.3 Å². The fourth-order valence-electron chi connectivity index (χ4n) is 2.48. The van der Waals surface area contributed by atoms with E-state index >= 15 is 0 Å². The minimum Gasteiger partial charge on any atom is -0.378 e. The van der Waals surface area contributed by atoms with E-state index in [9.17, 15) is 9.59 Å². The quantitative estimate of drug-likeness (QED) is 0.682. The predicted molar refractivity (Wildman–Crippen MR) is 108 cm³/mol. The summed E-state index contributed by atoms with van der Waals surface area (Å²) in [6.45, 7) is 1.78. The lowest BCUT2D eigenvalue weighted by atomic mass is 10.2. The number of hydrogen-bond donors (Lipinski definition) is 2. The van der Waals surface area contributed by atoms with Gasteiger partial charge in [0, 0.05) is 30.9 Å². The van der Waals surface area contributed by atoms with Crippen LogP contribution >= 0.6 is 11.3 Å². The van der Waals surface area contributed by atoms with E-state index in [1.54, 1.807) is 25.1 Å². The lowest BCUT2D eigenvalue weighted by Crippen LogP contribution is -2.41. The Labute approximate surface area is 161 Å². The number of hydrazine groups is 1. The smallest absolute Gasteiger partial charge is 0.281 e. The summed E-state index contributed by atoms with van der Waals surface area (Å²) in [6, 6.07) is 16.8. The van der Waals surface area contributed by atoms with E-state index in [0.29, 0.717) is 16.1 Å². The Morgan fingerprint density at radius 3 is 2.37 bits per heavy atom. The Morgan fingerprint density at radius 2 is 1.67 bits per heavy atom. The van der Waals surface area contributed by atoms with Gasteiger partial charge in [0.05, 0.1) is 5.69 Å². The van der Waals surface area contributed by atoms with Crippen molar-refractivity contribution in [2.24, 2.45) is 0 Å². The minimum absolute atomic E-state index is 0.377. The molecule has 138 valence electrons. The molecule has 0 saturated heterocycles. The molecule has 0 spiro atoms. The highest BCUT2D eigenvalue weighted by atomic mass is 32.1. The molecule has 0 aliphatic carbocycles. The van der Waals surface area contributed by atoms with Crippen LogP contribution < -0.4 is 15.8 Å². The highest BCUT2D eigenvalue weighted by Crippen LogP contribution is 2.27. The molecule has 0 saturated carbocycles. The number of benzene rings is 2. The van der Waals surface area contributed by atoms with Crippen LogP contribution in [0.5, 0.6) is 0 Å². The van der Waals surface area contributed by atoms with Crippen LogP contribution in [-0.2, 0) is 0 Å². The average Bonchev–Trinajstić information content (AvgIpc) is 3.08. The van der Waals surface area contributed by atoms with Crippen LogP contribution in [0.2, 0.25) is 0 Å². The van der Waals surface area contributed by atoms with Crippen molar-refractivity contribution in [3.63, 3.8) is 0 Å². The van der Waals surface area contributed by atoms with Crippen LogP contribution in [0.25, 0.3) is 10.6 Å². The zero-order chi connectivity index (χ0) is 19.4. The summed E-state index contributed by atoms with van der Waals surface area (Å²) in [7, 11) is 3.80. The lowest BCUT2D eigenvalue weighted by Gasteiger charge is -2.13. The highest BCUT2D eigenvalue weighted by molar-refractivity contribution is 7.17. The number of hydrogen-bond acceptors (Lipinski definition) is 5. The normalized spacial score (nSPS) is 10.3. The van der Waals surface area contributed by atoms with Crippen molar-refractivity contribution in [3.8, 4) is 10.6 Å². The summed E-state index contributed by atoms with van der Waals surface area (Å²) < 4.78 is 0. The molecule has 1 heterocycles. The first kappa shape index (κ1) is 18.6. The summed E-state index contributed by atoms with van der Waals surface area (Å²) in [5, 5.41) is 0.767. The second kappa shape index (κ2) is 8.01. The third-order valence-corrected chi connectivity index (χ3v) is 5.14. The number of aryl methyl sites for hydroxylation is 1. The number of thiazole rings is 1. The van der Waals surface area contributed by atoms with Gasteiger partial charge in [0.2, 0.25) is 0 Å². The van der Waals surface area contributed by atoms with E-state index in [1.165, 1.54) is 11.3 Å². The fraction of sp³-hybridized carbons (Fsp3) is 0.150. The Morgan fingerprint density at radius 1 is 0.963 bits per heavy atom. The lowest BCUT2D eigenvalue weighted by molar-refractivity contribution is 0.0848. The number of carbonyl (C=O) groups is 2. The molecule has 0 bridgehead atoms. The molecule has 0 unspecified atom stereocenters. The predicted octanol–water partition coefficient (Wildman–Crippen LogP) is 3.26. The summed E-state index contributed by atoms with van der Waals surface area (Å²) in [6.07, 6.45) is 0. The van der Waals surface area contributed by atoms with Gasteiger partial charge in [-0.3, -0.25) is 20.4 Å². The summed E-state index contributed by atoms with van der Waals surface area (Å²) in [4.78, 5) is 31.6. The number of nitrogens with zero attached hydrogens (tertiary/aromatic N) is 2. The topological polar surface area (TPSA) is 74.3 Å². The molecule has 3 aromatic rings. The van der Waals surface area contributed by atoms with Crippen molar-refractivity contribution in [1.82, 2.24) is 15.8 Å². The van der Waals surface area contributed by atoms with E-state index in [2.05, 4.69) is 15.8 Å². The monoisotopic (exact) mass is 380 g/mol. The van der Waals surface area contributed by atoms with Gasteiger partial charge in [-0.05, 0) is 25.1 Å². The molecular formula is C20H20N4O2S. The molecule has 2 amide bonds. The first-order chi connectivity index (χ1) is 13.0. The van der Waals surface area contributed by atoms with E-state index in [4.69, 9.17) is 0 Å². The SMILES string of the molecule is Cc1nc(-c2ccccc2)sc1C(=O)NNC(=O)c1cccc(N(C)C)c1. The van der Waals surface area contributed by atoms with Gasteiger partial charge in [0.25, 0.3) is 11.8 Å². The number of anilines is 1. The van der Waals surface area contributed by atoms with Crippen molar-refractivity contribution < 1.29 is 9.59 Å². The maximum absolute atomic E-state index is 12.5. The van der Waals surface area contributed by atoms with Crippen LogP contribution in [0.15, 0.2) is 54.6 Å². The van der Waals surface area contributed by atoms with Crippen molar-refractivity contribution >= 4 is 28.8 Å². The maximum atomic E-state index is 12.5. The Hall–Kier alpha value is -3.19. The van der Waals surface area contributed by atoms with Crippen LogP contribution in [0, 0.1) is 6.92 Å². The van der Waals surface area contributed by atoms with Gasteiger partial charge in [-0.25, -0.2) is 4.98 Å². The number of amides is 2. The van der Waals surface area contributed by atoms with E-state index < -0.39 is 0 Å². The van der Waals surface area contributed by atoms with E-state index in [1.807, 2.05) is 55.4 Å². The van der Waals surface area contributed by atoms with Gasteiger partial charge in [0.1, 0.15) is 9.88 Å². The van der Waals surface area contributed by atoms with Crippen molar-refractivity contribution in [2.75, 3.05) is 19.0 Å². The summed E-state index contributed by atoms with van der Waals surface area (Å²) >= 11 is 1.29. The van der Waals surface area contributed by atoms with Crippen molar-refractivity contribution in [3.05, 3.63) is 70.7 Å². The molecule has 0 aliphatic rings. The first-order valence-corrected chi connectivity index (χ1v) is 9.18.